The molecule has 0 bridgehead atoms. The van der Waals surface area contributed by atoms with E-state index >= 15 is 0 Å². The number of hydrogen-bond acceptors (Lipinski definition) is 7. The van der Waals surface area contributed by atoms with Crippen LogP contribution in [0.2, 0.25) is 0 Å². The first-order valence-corrected chi connectivity index (χ1v) is 12.6. The molecule has 6 rings (SSSR count). The maximum atomic E-state index is 11.2. The van der Waals surface area contributed by atoms with Gasteiger partial charge in [-0.2, -0.15) is 0 Å². The van der Waals surface area contributed by atoms with Crippen molar-refractivity contribution in [3.05, 3.63) is 95.9 Å². The molecular formula is C30H27N5O4. The van der Waals surface area contributed by atoms with Crippen LogP contribution in [-0.4, -0.2) is 20.4 Å². The molecule has 39 heavy (non-hydrogen) atoms. The number of amides is 1. The molecule has 1 aliphatic heterocycles. The lowest BCUT2D eigenvalue weighted by atomic mass is 10.1. The molecule has 0 aliphatic carbocycles. The second-order valence-electron chi connectivity index (χ2n) is 9.34. The standard InChI is InChI=1S/C30H27N5O4/c1-18-27-26(16-37-18)35(29-28(27)32-17-33-30(29)31)22-10-12-23(13-11-22)39-25-5-3-4-24(14-25)38-15-20-6-8-21(9-7-20)34-19(2)36/h3-14,17-18H,15-16H2,1-2H3,(H,34,36)(H2,31,32,33). The highest BCUT2D eigenvalue weighted by Gasteiger charge is 2.30. The van der Waals surface area contributed by atoms with E-state index in [1.807, 2.05) is 79.7 Å². The van der Waals surface area contributed by atoms with E-state index in [1.165, 1.54) is 13.3 Å². The first-order chi connectivity index (χ1) is 19.0. The average molecular weight is 522 g/mol. The molecule has 9 nitrogen and oxygen atoms in total. The molecule has 0 radical (unpaired) electrons. The molecule has 1 atom stereocenters. The Labute approximate surface area is 225 Å². The van der Waals surface area contributed by atoms with E-state index in [9.17, 15) is 4.79 Å². The number of nitrogens with two attached hydrogens (primary N) is 1. The van der Waals surface area contributed by atoms with Crippen LogP contribution < -0.4 is 20.5 Å². The Morgan fingerprint density at radius 2 is 1.82 bits per heavy atom. The van der Waals surface area contributed by atoms with Crippen molar-refractivity contribution in [1.29, 1.82) is 0 Å². The van der Waals surface area contributed by atoms with E-state index < -0.39 is 0 Å². The summed E-state index contributed by atoms with van der Waals surface area (Å²) in [5.74, 6) is 2.37. The van der Waals surface area contributed by atoms with Gasteiger partial charge in [0.05, 0.1) is 18.4 Å². The molecule has 196 valence electrons. The molecule has 1 unspecified atom stereocenters. The van der Waals surface area contributed by atoms with Crippen LogP contribution in [0.4, 0.5) is 11.5 Å². The first kappa shape index (κ1) is 24.4. The number of rotatable bonds is 7. The average Bonchev–Trinajstić information content (AvgIpc) is 3.47. The lowest BCUT2D eigenvalue weighted by Gasteiger charge is -2.12. The van der Waals surface area contributed by atoms with Gasteiger partial charge in [0, 0.05) is 29.9 Å². The van der Waals surface area contributed by atoms with E-state index in [0.29, 0.717) is 36.3 Å². The van der Waals surface area contributed by atoms with Crippen LogP contribution in [0.5, 0.6) is 17.2 Å². The van der Waals surface area contributed by atoms with Crippen LogP contribution in [0.3, 0.4) is 0 Å². The summed E-state index contributed by atoms with van der Waals surface area (Å²) in [7, 11) is 0. The SMILES string of the molecule is CC(=O)Nc1ccc(COc2cccc(Oc3ccc(-n4c5c(c6ncnc(N)c64)C(C)OC5)cc3)c2)cc1. The number of anilines is 2. The Kier molecular flexibility index (Phi) is 6.34. The molecule has 0 spiro atoms. The molecule has 3 aromatic carbocycles. The molecule has 0 saturated heterocycles. The third-order valence-corrected chi connectivity index (χ3v) is 6.60. The van der Waals surface area contributed by atoms with Crippen LogP contribution in [-0.2, 0) is 22.7 Å². The Bertz CT molecular complexity index is 1660. The Hall–Kier alpha value is -4.89. The molecule has 1 aliphatic rings. The third kappa shape index (κ3) is 4.87. The number of carbonyl (C=O) groups is 1. The minimum atomic E-state index is -0.101. The zero-order chi connectivity index (χ0) is 26.9. The van der Waals surface area contributed by atoms with Crippen molar-refractivity contribution in [2.45, 2.75) is 33.2 Å². The Morgan fingerprint density at radius 1 is 1.05 bits per heavy atom. The number of hydrogen-bond donors (Lipinski definition) is 2. The van der Waals surface area contributed by atoms with Gasteiger partial charge in [-0.15, -0.1) is 0 Å². The number of nitrogen functional groups attached to an aromatic ring is 1. The predicted molar refractivity (Wildman–Crippen MR) is 148 cm³/mol. The van der Waals surface area contributed by atoms with E-state index in [-0.39, 0.29) is 12.0 Å². The van der Waals surface area contributed by atoms with E-state index in [0.717, 1.165) is 39.2 Å². The first-order valence-electron chi connectivity index (χ1n) is 12.6. The van der Waals surface area contributed by atoms with Gasteiger partial charge in [0.1, 0.15) is 41.2 Å². The monoisotopic (exact) mass is 521 g/mol. The smallest absolute Gasteiger partial charge is 0.221 e. The fourth-order valence-corrected chi connectivity index (χ4v) is 4.82. The second kappa shape index (κ2) is 10.1. The number of fused-ring (bicyclic) bond motifs is 3. The van der Waals surface area contributed by atoms with Crippen molar-refractivity contribution in [3.63, 3.8) is 0 Å². The molecule has 1 amide bonds. The summed E-state index contributed by atoms with van der Waals surface area (Å²) < 4.78 is 20.0. The van der Waals surface area contributed by atoms with Crippen LogP contribution in [0.25, 0.3) is 16.7 Å². The van der Waals surface area contributed by atoms with Crippen molar-refractivity contribution in [3.8, 4) is 22.9 Å². The normalized spacial score (nSPS) is 14.3. The number of aromatic nitrogens is 3. The maximum Gasteiger partial charge on any atom is 0.221 e. The third-order valence-electron chi connectivity index (χ3n) is 6.60. The molecule has 0 fully saturated rings. The molecule has 2 aromatic heterocycles. The van der Waals surface area contributed by atoms with Gasteiger partial charge in [0.2, 0.25) is 5.91 Å². The summed E-state index contributed by atoms with van der Waals surface area (Å²) in [6.45, 7) is 4.38. The number of carbonyl (C=O) groups excluding carboxylic acids is 1. The number of benzene rings is 3. The maximum absolute atomic E-state index is 11.2. The van der Waals surface area contributed by atoms with Gasteiger partial charge in [0.25, 0.3) is 0 Å². The Balaban J connectivity index is 1.17. The summed E-state index contributed by atoms with van der Waals surface area (Å²) >= 11 is 0. The molecule has 0 saturated carbocycles. The number of nitrogens with one attached hydrogen (secondary N) is 1. The summed E-state index contributed by atoms with van der Waals surface area (Å²) in [5, 5.41) is 2.76. The van der Waals surface area contributed by atoms with E-state index in [2.05, 4.69) is 19.9 Å². The van der Waals surface area contributed by atoms with Gasteiger partial charge in [-0.1, -0.05) is 18.2 Å². The largest absolute Gasteiger partial charge is 0.489 e. The summed E-state index contributed by atoms with van der Waals surface area (Å²) in [4.78, 5) is 19.9. The van der Waals surface area contributed by atoms with Crippen molar-refractivity contribution >= 4 is 28.4 Å². The van der Waals surface area contributed by atoms with Crippen LogP contribution in [0, 0.1) is 0 Å². The second-order valence-corrected chi connectivity index (χ2v) is 9.34. The topological polar surface area (TPSA) is 114 Å². The van der Waals surface area contributed by atoms with Crippen LogP contribution in [0.1, 0.15) is 36.8 Å². The predicted octanol–water partition coefficient (Wildman–Crippen LogP) is 5.92. The fraction of sp³-hybridized carbons (Fsp3) is 0.167. The van der Waals surface area contributed by atoms with Crippen molar-refractivity contribution in [2.75, 3.05) is 11.1 Å². The van der Waals surface area contributed by atoms with Crippen molar-refractivity contribution < 1.29 is 19.0 Å². The van der Waals surface area contributed by atoms with Gasteiger partial charge in [0.15, 0.2) is 5.82 Å². The van der Waals surface area contributed by atoms with Gasteiger partial charge in [-0.05, 0) is 61.0 Å². The minimum Gasteiger partial charge on any atom is -0.489 e. The van der Waals surface area contributed by atoms with Crippen LogP contribution >= 0.6 is 0 Å². The molecule has 3 N–H and O–H groups in total. The fourth-order valence-electron chi connectivity index (χ4n) is 4.82. The number of ether oxygens (including phenoxy) is 3. The highest BCUT2D eigenvalue weighted by atomic mass is 16.5. The van der Waals surface area contributed by atoms with Crippen molar-refractivity contribution in [1.82, 2.24) is 14.5 Å². The molecule has 3 heterocycles. The zero-order valence-corrected chi connectivity index (χ0v) is 21.5. The van der Waals surface area contributed by atoms with E-state index in [4.69, 9.17) is 19.9 Å². The highest BCUT2D eigenvalue weighted by molar-refractivity contribution is 5.91. The molecule has 5 aromatic rings. The lowest BCUT2D eigenvalue weighted by Crippen LogP contribution is -2.05. The molecule has 9 heteroatoms. The molecular weight excluding hydrogens is 494 g/mol. The van der Waals surface area contributed by atoms with Gasteiger partial charge >= 0.3 is 0 Å². The quantitative estimate of drug-likeness (QED) is 0.273. The van der Waals surface area contributed by atoms with Crippen LogP contribution in [0.15, 0.2) is 79.1 Å². The zero-order valence-electron chi connectivity index (χ0n) is 21.5. The van der Waals surface area contributed by atoms with Gasteiger partial charge in [-0.25, -0.2) is 9.97 Å². The summed E-state index contributed by atoms with van der Waals surface area (Å²) in [6.07, 6.45) is 1.43. The minimum absolute atomic E-state index is 0.0572. The summed E-state index contributed by atoms with van der Waals surface area (Å²) in [5.41, 5.74) is 12.6. The van der Waals surface area contributed by atoms with Gasteiger partial charge in [-0.3, -0.25) is 4.79 Å². The lowest BCUT2D eigenvalue weighted by molar-refractivity contribution is -0.114. The van der Waals surface area contributed by atoms with Gasteiger partial charge < -0.3 is 29.8 Å². The highest BCUT2D eigenvalue weighted by Crippen LogP contribution is 2.41. The Morgan fingerprint density at radius 3 is 2.59 bits per heavy atom. The summed E-state index contributed by atoms with van der Waals surface area (Å²) in [6, 6.07) is 22.8. The number of nitrogens with zero attached hydrogens (tertiary/aromatic N) is 3. The van der Waals surface area contributed by atoms with E-state index in [1.54, 1.807) is 0 Å². The van der Waals surface area contributed by atoms with Crippen molar-refractivity contribution in [2.24, 2.45) is 0 Å².